The lowest BCUT2D eigenvalue weighted by molar-refractivity contribution is 1.51. The summed E-state index contributed by atoms with van der Waals surface area (Å²) in [6.07, 6.45) is 0. The van der Waals surface area contributed by atoms with Crippen molar-refractivity contribution in [1.82, 2.24) is 4.98 Å². The molecule has 0 bridgehead atoms. The van der Waals surface area contributed by atoms with E-state index >= 15 is 0 Å². The predicted molar refractivity (Wildman–Crippen MR) is 81.2 cm³/mol. The molecule has 4 aromatic rings. The lowest BCUT2D eigenvalue weighted by Gasteiger charge is -2.07. The van der Waals surface area contributed by atoms with Gasteiger partial charge in [-0.15, -0.1) is 0 Å². The Balaban J connectivity index is 2.29. The number of aromatic nitrogens is 1. The van der Waals surface area contributed by atoms with Gasteiger partial charge in [0.15, 0.2) is 0 Å². The summed E-state index contributed by atoms with van der Waals surface area (Å²) < 4.78 is 0. The Bertz CT molecular complexity index is 926. The van der Waals surface area contributed by atoms with Crippen LogP contribution >= 0.6 is 0 Å². The molecule has 0 spiro atoms. The van der Waals surface area contributed by atoms with Gasteiger partial charge in [-0.3, -0.25) is 0 Å². The normalized spacial score (nSPS) is 11.4. The SMILES string of the molecule is Nc1cccc2ccc3cc4ccccc4nc3c12. The first kappa shape index (κ1) is 10.3. The summed E-state index contributed by atoms with van der Waals surface area (Å²) in [5.74, 6) is 0. The highest BCUT2D eigenvalue weighted by Gasteiger charge is 2.06. The van der Waals surface area contributed by atoms with Gasteiger partial charge >= 0.3 is 0 Å². The van der Waals surface area contributed by atoms with Crippen molar-refractivity contribution in [1.29, 1.82) is 0 Å². The molecule has 0 aliphatic carbocycles. The van der Waals surface area contributed by atoms with Gasteiger partial charge in [0.25, 0.3) is 0 Å². The molecule has 1 heterocycles. The maximum atomic E-state index is 6.13. The zero-order valence-electron chi connectivity index (χ0n) is 10.3. The molecule has 4 rings (SSSR count). The molecule has 0 saturated heterocycles. The van der Waals surface area contributed by atoms with Crippen LogP contribution < -0.4 is 5.73 Å². The van der Waals surface area contributed by atoms with E-state index in [-0.39, 0.29) is 0 Å². The number of nitrogens with two attached hydrogens (primary N) is 1. The molecule has 0 saturated carbocycles. The van der Waals surface area contributed by atoms with Gasteiger partial charge in [0, 0.05) is 21.8 Å². The number of rotatable bonds is 0. The van der Waals surface area contributed by atoms with E-state index < -0.39 is 0 Å². The number of fused-ring (bicyclic) bond motifs is 4. The van der Waals surface area contributed by atoms with Crippen LogP contribution in [0, 0.1) is 0 Å². The van der Waals surface area contributed by atoms with Crippen molar-refractivity contribution in [3.8, 4) is 0 Å². The van der Waals surface area contributed by atoms with Crippen LogP contribution in [0.2, 0.25) is 0 Å². The molecule has 0 atom stereocenters. The third kappa shape index (κ3) is 1.47. The summed E-state index contributed by atoms with van der Waals surface area (Å²) in [5.41, 5.74) is 8.90. The van der Waals surface area contributed by atoms with Crippen molar-refractivity contribution >= 4 is 38.3 Å². The molecule has 2 heteroatoms. The van der Waals surface area contributed by atoms with Gasteiger partial charge in [0.05, 0.1) is 11.0 Å². The van der Waals surface area contributed by atoms with Gasteiger partial charge in [-0.05, 0) is 23.6 Å². The van der Waals surface area contributed by atoms with Gasteiger partial charge in [-0.2, -0.15) is 0 Å². The largest absolute Gasteiger partial charge is 0.398 e. The molecular weight excluding hydrogens is 232 g/mol. The summed E-state index contributed by atoms with van der Waals surface area (Å²) in [6, 6.07) is 20.5. The van der Waals surface area contributed by atoms with E-state index in [9.17, 15) is 0 Å². The van der Waals surface area contributed by atoms with E-state index in [4.69, 9.17) is 10.7 Å². The topological polar surface area (TPSA) is 38.9 Å². The molecule has 0 aliphatic heterocycles. The average molecular weight is 244 g/mol. The Morgan fingerprint density at radius 3 is 2.47 bits per heavy atom. The molecule has 19 heavy (non-hydrogen) atoms. The number of benzene rings is 3. The first-order valence-electron chi connectivity index (χ1n) is 6.30. The standard InChI is InChI=1S/C17H12N2/c18-14-6-3-5-11-8-9-13-10-12-4-1-2-7-15(12)19-17(13)16(11)14/h1-10H,18H2. The van der Waals surface area contributed by atoms with Crippen molar-refractivity contribution in [3.05, 3.63) is 60.7 Å². The van der Waals surface area contributed by atoms with E-state index in [1.165, 1.54) is 0 Å². The molecule has 1 aromatic heterocycles. The maximum Gasteiger partial charge on any atom is 0.0808 e. The van der Waals surface area contributed by atoms with Crippen molar-refractivity contribution in [2.45, 2.75) is 0 Å². The molecule has 0 radical (unpaired) electrons. The number of hydrogen-bond donors (Lipinski definition) is 1. The minimum Gasteiger partial charge on any atom is -0.398 e. The Morgan fingerprint density at radius 1 is 0.737 bits per heavy atom. The zero-order valence-corrected chi connectivity index (χ0v) is 10.3. The molecule has 0 unspecified atom stereocenters. The summed E-state index contributed by atoms with van der Waals surface area (Å²) in [7, 11) is 0. The van der Waals surface area contributed by atoms with Crippen LogP contribution in [0.25, 0.3) is 32.6 Å². The molecule has 0 amide bonds. The zero-order chi connectivity index (χ0) is 12.8. The lowest BCUT2D eigenvalue weighted by atomic mass is 10.0. The van der Waals surface area contributed by atoms with Gasteiger partial charge < -0.3 is 5.73 Å². The van der Waals surface area contributed by atoms with Gasteiger partial charge in [-0.1, -0.05) is 42.5 Å². The fraction of sp³-hybridized carbons (Fsp3) is 0. The van der Waals surface area contributed by atoms with E-state index in [2.05, 4.69) is 30.3 Å². The van der Waals surface area contributed by atoms with Crippen LogP contribution in [-0.4, -0.2) is 4.98 Å². The number of nitrogens with zero attached hydrogens (tertiary/aromatic N) is 1. The van der Waals surface area contributed by atoms with E-state index in [0.717, 1.165) is 38.3 Å². The van der Waals surface area contributed by atoms with Gasteiger partial charge in [0.1, 0.15) is 0 Å². The van der Waals surface area contributed by atoms with Crippen LogP contribution in [0.1, 0.15) is 0 Å². The third-order valence-electron chi connectivity index (χ3n) is 3.56. The second kappa shape index (κ2) is 3.69. The van der Waals surface area contributed by atoms with Crippen LogP contribution in [0.15, 0.2) is 60.7 Å². The highest BCUT2D eigenvalue weighted by Crippen LogP contribution is 2.30. The van der Waals surface area contributed by atoms with E-state index in [1.807, 2.05) is 30.3 Å². The predicted octanol–water partition coefficient (Wildman–Crippen LogP) is 4.12. The average Bonchev–Trinajstić information content (AvgIpc) is 2.45. The van der Waals surface area contributed by atoms with E-state index in [0.29, 0.717) is 0 Å². The van der Waals surface area contributed by atoms with E-state index in [1.54, 1.807) is 0 Å². The minimum absolute atomic E-state index is 0.783. The fourth-order valence-corrected chi connectivity index (χ4v) is 2.64. The highest BCUT2D eigenvalue weighted by molar-refractivity contribution is 6.13. The Hall–Kier alpha value is -2.61. The third-order valence-corrected chi connectivity index (χ3v) is 3.56. The second-order valence-electron chi connectivity index (χ2n) is 4.76. The molecular formula is C17H12N2. The highest BCUT2D eigenvalue weighted by atomic mass is 14.7. The maximum absolute atomic E-state index is 6.13. The first-order chi connectivity index (χ1) is 9.33. The first-order valence-corrected chi connectivity index (χ1v) is 6.30. The Kier molecular flexibility index (Phi) is 2.00. The monoisotopic (exact) mass is 244 g/mol. The fourth-order valence-electron chi connectivity index (χ4n) is 2.64. The molecule has 2 N–H and O–H groups in total. The molecule has 0 fully saturated rings. The van der Waals surface area contributed by atoms with Crippen molar-refractivity contribution < 1.29 is 0 Å². The minimum atomic E-state index is 0.783. The van der Waals surface area contributed by atoms with Crippen molar-refractivity contribution in [2.75, 3.05) is 5.73 Å². The van der Waals surface area contributed by atoms with Crippen LogP contribution in [0.3, 0.4) is 0 Å². The number of nitrogen functional groups attached to an aromatic ring is 1. The van der Waals surface area contributed by atoms with Gasteiger partial charge in [-0.25, -0.2) is 4.98 Å². The quantitative estimate of drug-likeness (QED) is 0.287. The summed E-state index contributed by atoms with van der Waals surface area (Å²) in [6.45, 7) is 0. The van der Waals surface area contributed by atoms with Crippen LogP contribution in [0.5, 0.6) is 0 Å². The summed E-state index contributed by atoms with van der Waals surface area (Å²) in [5, 5.41) is 4.47. The number of pyridine rings is 1. The smallest absolute Gasteiger partial charge is 0.0808 e. The van der Waals surface area contributed by atoms with Gasteiger partial charge in [0.2, 0.25) is 0 Å². The summed E-state index contributed by atoms with van der Waals surface area (Å²) >= 11 is 0. The molecule has 0 aliphatic rings. The van der Waals surface area contributed by atoms with Crippen LogP contribution in [0.4, 0.5) is 5.69 Å². The van der Waals surface area contributed by atoms with Crippen molar-refractivity contribution in [3.63, 3.8) is 0 Å². The number of anilines is 1. The number of para-hydroxylation sites is 1. The molecule has 3 aromatic carbocycles. The number of hydrogen-bond acceptors (Lipinski definition) is 2. The Labute approximate surface area is 110 Å². The molecule has 2 nitrogen and oxygen atoms in total. The van der Waals surface area contributed by atoms with Crippen molar-refractivity contribution in [2.24, 2.45) is 0 Å². The molecule has 90 valence electrons. The lowest BCUT2D eigenvalue weighted by Crippen LogP contribution is -1.90. The Morgan fingerprint density at radius 2 is 1.53 bits per heavy atom. The van der Waals surface area contributed by atoms with Crippen LogP contribution in [-0.2, 0) is 0 Å². The summed E-state index contributed by atoms with van der Waals surface area (Å²) in [4.78, 5) is 4.79. The second-order valence-corrected chi connectivity index (χ2v) is 4.76.